The maximum absolute atomic E-state index is 14.1. The molecule has 1 saturated heterocycles. The van der Waals surface area contributed by atoms with Crippen molar-refractivity contribution in [3.8, 4) is 0 Å². The summed E-state index contributed by atoms with van der Waals surface area (Å²) < 4.78 is 11.2. The topological polar surface area (TPSA) is 158 Å². The second kappa shape index (κ2) is 14.2. The summed E-state index contributed by atoms with van der Waals surface area (Å²) in [5, 5.41) is 25.2. The van der Waals surface area contributed by atoms with E-state index in [0.717, 1.165) is 11.1 Å². The molecule has 0 spiro atoms. The minimum Gasteiger partial charge on any atom is -0.449 e. The van der Waals surface area contributed by atoms with Gasteiger partial charge < -0.3 is 35.1 Å². The zero-order valence-corrected chi connectivity index (χ0v) is 27.3. The van der Waals surface area contributed by atoms with Gasteiger partial charge in [-0.1, -0.05) is 79.7 Å². The quantitative estimate of drug-likeness (QED) is 0.309. The van der Waals surface area contributed by atoms with Gasteiger partial charge in [0, 0.05) is 19.5 Å². The van der Waals surface area contributed by atoms with Gasteiger partial charge >= 0.3 is 19.3 Å². The number of nitrogens with one attached hydrogen (secondary N) is 2. The molecule has 2 aliphatic heterocycles. The number of likely N-dealkylation sites (tertiary alicyclic amines) is 1. The Morgan fingerprint density at radius 3 is 2.09 bits per heavy atom. The number of nitrogens with zero attached hydrogens (tertiary/aromatic N) is 2. The van der Waals surface area contributed by atoms with E-state index >= 15 is 0 Å². The highest BCUT2D eigenvalue weighted by molar-refractivity contribution is 6.43. The molecule has 1 aromatic rings. The van der Waals surface area contributed by atoms with Gasteiger partial charge in [-0.3, -0.25) is 14.5 Å². The van der Waals surface area contributed by atoms with Gasteiger partial charge in [0.15, 0.2) is 0 Å². The molecule has 2 heterocycles. The fourth-order valence-corrected chi connectivity index (χ4v) is 5.35. The number of carbonyl (C=O) groups excluding carboxylic acids is 4. The zero-order chi connectivity index (χ0) is 33.0. The molecule has 44 heavy (non-hydrogen) atoms. The molecular weight excluding hydrogens is 567 g/mol. The van der Waals surface area contributed by atoms with Crippen molar-refractivity contribution < 1.29 is 38.7 Å². The number of carbonyl (C=O) groups is 4. The van der Waals surface area contributed by atoms with E-state index in [0.29, 0.717) is 19.5 Å². The number of rotatable bonds is 9. The monoisotopic (exact) mass is 616 g/mol. The average Bonchev–Trinajstić information content (AvgIpc) is 3.53. The van der Waals surface area contributed by atoms with E-state index in [4.69, 9.17) is 9.47 Å². The molecule has 1 aromatic carbocycles. The first-order chi connectivity index (χ1) is 20.4. The molecule has 12 nitrogen and oxygen atoms in total. The molecule has 0 aliphatic carbocycles. The molecular formula is C31H49BN4O8. The Hall–Kier alpha value is -3.32. The van der Waals surface area contributed by atoms with Crippen LogP contribution in [0.3, 0.4) is 0 Å². The lowest BCUT2D eigenvalue weighted by Gasteiger charge is -2.35. The van der Waals surface area contributed by atoms with Crippen LogP contribution in [0.1, 0.15) is 79.4 Å². The molecule has 3 rings (SSSR count). The minimum atomic E-state index is -1.81. The molecule has 0 radical (unpaired) electrons. The number of ether oxygens (including phenoxy) is 2. The van der Waals surface area contributed by atoms with Crippen molar-refractivity contribution in [1.29, 1.82) is 0 Å². The van der Waals surface area contributed by atoms with E-state index in [1.807, 2.05) is 58.9 Å². The summed E-state index contributed by atoms with van der Waals surface area (Å²) in [6, 6.07) is 5.57. The third kappa shape index (κ3) is 9.59. The van der Waals surface area contributed by atoms with Crippen LogP contribution in [0.25, 0.3) is 0 Å². The molecule has 4 N–H and O–H groups in total. The van der Waals surface area contributed by atoms with E-state index in [-0.39, 0.29) is 30.9 Å². The van der Waals surface area contributed by atoms with Crippen molar-refractivity contribution in [2.75, 3.05) is 13.2 Å². The van der Waals surface area contributed by atoms with E-state index in [2.05, 4.69) is 10.6 Å². The van der Waals surface area contributed by atoms with Gasteiger partial charge in [-0.15, -0.1) is 0 Å². The summed E-state index contributed by atoms with van der Waals surface area (Å²) in [5.74, 6) is -2.06. The van der Waals surface area contributed by atoms with Crippen molar-refractivity contribution in [3.63, 3.8) is 0 Å². The Morgan fingerprint density at radius 1 is 1.00 bits per heavy atom. The number of alkyl carbamates (subject to hydrolysis) is 1. The fraction of sp³-hybridized carbons (Fsp3) is 0.677. The van der Waals surface area contributed by atoms with E-state index in [1.165, 1.54) is 4.90 Å². The highest BCUT2D eigenvalue weighted by atomic mass is 16.6. The van der Waals surface area contributed by atoms with Crippen LogP contribution >= 0.6 is 0 Å². The van der Waals surface area contributed by atoms with Crippen LogP contribution in [0.2, 0.25) is 0 Å². The minimum absolute atomic E-state index is 0.00532. The molecule has 1 fully saturated rings. The maximum Gasteiger partial charge on any atom is 0.475 e. The van der Waals surface area contributed by atoms with Crippen LogP contribution in [0.5, 0.6) is 0 Å². The predicted molar refractivity (Wildman–Crippen MR) is 165 cm³/mol. The van der Waals surface area contributed by atoms with Gasteiger partial charge in [0.05, 0.1) is 19.1 Å². The first-order valence-corrected chi connectivity index (χ1v) is 15.3. The van der Waals surface area contributed by atoms with E-state index in [1.54, 1.807) is 25.7 Å². The van der Waals surface area contributed by atoms with Crippen LogP contribution < -0.4 is 10.6 Å². The maximum atomic E-state index is 14.1. The first kappa shape index (κ1) is 35.2. The van der Waals surface area contributed by atoms with E-state index in [9.17, 15) is 29.2 Å². The molecule has 0 aromatic heterocycles. The van der Waals surface area contributed by atoms with Crippen LogP contribution in [-0.2, 0) is 32.2 Å². The van der Waals surface area contributed by atoms with Crippen LogP contribution in [0.15, 0.2) is 24.3 Å². The third-order valence-electron chi connectivity index (χ3n) is 7.64. The summed E-state index contributed by atoms with van der Waals surface area (Å²) in [5.41, 5.74) is 1.01. The molecule has 4 amide bonds. The molecule has 4 atom stereocenters. The second-order valence-electron chi connectivity index (χ2n) is 14.6. The summed E-state index contributed by atoms with van der Waals surface area (Å²) in [7, 11) is -1.81. The Balaban J connectivity index is 1.82. The molecule has 0 unspecified atom stereocenters. The van der Waals surface area contributed by atoms with Crippen molar-refractivity contribution >= 4 is 31.1 Å². The van der Waals surface area contributed by atoms with Gasteiger partial charge in [0.25, 0.3) is 0 Å². The largest absolute Gasteiger partial charge is 0.475 e. The zero-order valence-electron chi connectivity index (χ0n) is 27.3. The third-order valence-corrected chi connectivity index (χ3v) is 7.64. The van der Waals surface area contributed by atoms with Gasteiger partial charge in [-0.25, -0.2) is 9.59 Å². The van der Waals surface area contributed by atoms with Crippen molar-refractivity contribution in [2.24, 2.45) is 16.7 Å². The SMILES string of the molecule is CC(C)C[C@H](NC(=O)[C@@H]1C[C@@H](OC(=O)N2Cc3ccccc3C2)CN1C(=O)[C@@H](NC(=O)OCC(C)(C)C)C(C)(C)C)B(O)O. The van der Waals surface area contributed by atoms with Gasteiger partial charge in [0.1, 0.15) is 18.2 Å². The number of hydrogen-bond acceptors (Lipinski definition) is 8. The molecule has 244 valence electrons. The number of fused-ring (bicyclic) bond motifs is 1. The molecule has 0 bridgehead atoms. The van der Waals surface area contributed by atoms with Crippen LogP contribution in [0.4, 0.5) is 9.59 Å². The first-order valence-electron chi connectivity index (χ1n) is 15.3. The fourth-order valence-electron chi connectivity index (χ4n) is 5.35. The van der Waals surface area contributed by atoms with Gasteiger partial charge in [-0.05, 0) is 34.3 Å². The van der Waals surface area contributed by atoms with Crippen LogP contribution in [0, 0.1) is 16.7 Å². The van der Waals surface area contributed by atoms with Crippen LogP contribution in [-0.4, -0.2) is 88.2 Å². The lowest BCUT2D eigenvalue weighted by Crippen LogP contribution is -2.59. The molecule has 13 heteroatoms. The molecule has 0 saturated carbocycles. The lowest BCUT2D eigenvalue weighted by atomic mass is 9.75. The summed E-state index contributed by atoms with van der Waals surface area (Å²) >= 11 is 0. The highest BCUT2D eigenvalue weighted by Gasteiger charge is 2.47. The normalized spacial score (nSPS) is 19.7. The standard InChI is InChI=1S/C31H49BN4O8/c1-19(2)13-24(32(41)42)33-26(37)23-14-22(44-29(40)35-15-20-11-9-10-12-21(20)16-35)17-36(23)27(38)25(31(6,7)8)34-28(39)43-18-30(3,4)5/h9-12,19,22-25,41-42H,13-18H2,1-8H3,(H,33,37)(H,34,39)/t22-,23+,24+,25-/m1/s1. The van der Waals surface area contributed by atoms with Crippen molar-refractivity contribution in [3.05, 3.63) is 35.4 Å². The van der Waals surface area contributed by atoms with Crippen molar-refractivity contribution in [2.45, 2.75) is 105 Å². The number of hydrogen-bond donors (Lipinski definition) is 4. The number of amides is 4. The van der Waals surface area contributed by atoms with Crippen molar-refractivity contribution in [1.82, 2.24) is 20.4 Å². The Bertz CT molecular complexity index is 1170. The summed E-state index contributed by atoms with van der Waals surface area (Å²) in [4.78, 5) is 56.5. The average molecular weight is 617 g/mol. The summed E-state index contributed by atoms with van der Waals surface area (Å²) in [6.45, 7) is 15.7. The smallest absolute Gasteiger partial charge is 0.449 e. The van der Waals surface area contributed by atoms with Gasteiger partial charge in [-0.2, -0.15) is 0 Å². The lowest BCUT2D eigenvalue weighted by molar-refractivity contribution is -0.142. The Morgan fingerprint density at radius 2 is 1.59 bits per heavy atom. The number of benzene rings is 1. The predicted octanol–water partition coefficient (Wildman–Crippen LogP) is 2.84. The Kier molecular flexibility index (Phi) is 11.3. The Labute approximate surface area is 261 Å². The summed E-state index contributed by atoms with van der Waals surface area (Å²) in [6.07, 6.45) is -1.82. The molecule has 2 aliphatic rings. The van der Waals surface area contributed by atoms with E-state index < -0.39 is 60.7 Å². The second-order valence-corrected chi connectivity index (χ2v) is 14.6. The van der Waals surface area contributed by atoms with Gasteiger partial charge in [0.2, 0.25) is 11.8 Å². The highest BCUT2D eigenvalue weighted by Crippen LogP contribution is 2.29.